The van der Waals surface area contributed by atoms with Gasteiger partial charge in [0.2, 0.25) is 0 Å². The summed E-state index contributed by atoms with van der Waals surface area (Å²) in [4.78, 5) is 1.40. The van der Waals surface area contributed by atoms with E-state index in [1.807, 2.05) is 11.8 Å². The number of rotatable bonds is 2. The first kappa shape index (κ1) is 11.1. The second-order valence-electron chi connectivity index (χ2n) is 4.85. The van der Waals surface area contributed by atoms with Crippen LogP contribution in [0.4, 0.5) is 0 Å². The summed E-state index contributed by atoms with van der Waals surface area (Å²) in [6, 6.07) is 20.1. The zero-order valence-corrected chi connectivity index (χ0v) is 11.6. The molecule has 0 saturated carbocycles. The molecule has 19 heavy (non-hydrogen) atoms. The molecule has 0 aromatic heterocycles. The van der Waals surface area contributed by atoms with Crippen LogP contribution in [0.2, 0.25) is 0 Å². The van der Waals surface area contributed by atoms with Gasteiger partial charge in [-0.15, -0.1) is 11.8 Å². The molecule has 0 aliphatic rings. The second kappa shape index (κ2) is 4.14. The third kappa shape index (κ3) is 1.55. The quantitative estimate of drug-likeness (QED) is 0.330. The van der Waals surface area contributed by atoms with Crippen LogP contribution in [-0.2, 0) is 0 Å². The standard InChI is InChI=1S/C18H14S/c1-2-19-16-11-9-14-7-6-12-4-3-5-13-8-10-15(16)18(14)17(12)13/h3-11H,2H2,1H3. The fourth-order valence-corrected chi connectivity index (χ4v) is 3.79. The van der Waals surface area contributed by atoms with E-state index in [2.05, 4.69) is 61.5 Å². The van der Waals surface area contributed by atoms with E-state index in [4.69, 9.17) is 0 Å². The van der Waals surface area contributed by atoms with Gasteiger partial charge in [-0.05, 0) is 44.1 Å². The van der Waals surface area contributed by atoms with E-state index < -0.39 is 0 Å². The van der Waals surface area contributed by atoms with Crippen molar-refractivity contribution in [3.63, 3.8) is 0 Å². The monoisotopic (exact) mass is 262 g/mol. The Bertz CT molecular complexity index is 861. The third-order valence-corrected chi connectivity index (χ3v) is 4.74. The third-order valence-electron chi connectivity index (χ3n) is 3.79. The number of hydrogen-bond donors (Lipinski definition) is 0. The Morgan fingerprint density at radius 2 is 1.37 bits per heavy atom. The zero-order chi connectivity index (χ0) is 12.8. The minimum atomic E-state index is 1.12. The lowest BCUT2D eigenvalue weighted by Gasteiger charge is -2.13. The van der Waals surface area contributed by atoms with E-state index in [9.17, 15) is 0 Å². The molecule has 0 heterocycles. The lowest BCUT2D eigenvalue weighted by molar-refractivity contribution is 1.48. The zero-order valence-electron chi connectivity index (χ0n) is 10.8. The number of benzene rings is 4. The molecule has 0 N–H and O–H groups in total. The summed E-state index contributed by atoms with van der Waals surface area (Å²) in [5.74, 6) is 1.12. The van der Waals surface area contributed by atoms with Crippen LogP contribution in [0.5, 0.6) is 0 Å². The lowest BCUT2D eigenvalue weighted by atomic mass is 9.94. The van der Waals surface area contributed by atoms with Gasteiger partial charge in [-0.1, -0.05) is 55.5 Å². The van der Waals surface area contributed by atoms with E-state index in [1.165, 1.54) is 37.2 Å². The van der Waals surface area contributed by atoms with Gasteiger partial charge in [0.15, 0.2) is 0 Å². The average molecular weight is 262 g/mol. The van der Waals surface area contributed by atoms with E-state index in [0.717, 1.165) is 5.75 Å². The molecular weight excluding hydrogens is 248 g/mol. The van der Waals surface area contributed by atoms with Gasteiger partial charge in [-0.25, -0.2) is 0 Å². The molecule has 0 spiro atoms. The highest BCUT2D eigenvalue weighted by Gasteiger charge is 2.10. The highest BCUT2D eigenvalue weighted by atomic mass is 32.2. The Balaban J connectivity index is 2.28. The van der Waals surface area contributed by atoms with Crippen molar-refractivity contribution in [2.75, 3.05) is 5.75 Å². The van der Waals surface area contributed by atoms with Crippen LogP contribution in [0.15, 0.2) is 59.5 Å². The average Bonchev–Trinajstić information content (AvgIpc) is 2.46. The van der Waals surface area contributed by atoms with Crippen molar-refractivity contribution in [2.24, 2.45) is 0 Å². The van der Waals surface area contributed by atoms with E-state index in [-0.39, 0.29) is 0 Å². The maximum atomic E-state index is 2.28. The molecule has 4 rings (SSSR count). The van der Waals surface area contributed by atoms with E-state index >= 15 is 0 Å². The highest BCUT2D eigenvalue weighted by molar-refractivity contribution is 7.99. The maximum Gasteiger partial charge on any atom is 0.0151 e. The van der Waals surface area contributed by atoms with Crippen LogP contribution >= 0.6 is 11.8 Å². The highest BCUT2D eigenvalue weighted by Crippen LogP contribution is 2.38. The van der Waals surface area contributed by atoms with Crippen LogP contribution in [0.3, 0.4) is 0 Å². The minimum Gasteiger partial charge on any atom is -0.126 e. The normalized spacial score (nSPS) is 11.8. The molecule has 0 saturated heterocycles. The van der Waals surface area contributed by atoms with Gasteiger partial charge < -0.3 is 0 Å². The molecule has 0 fully saturated rings. The Labute approximate surface area is 116 Å². The Morgan fingerprint density at radius 1 is 0.737 bits per heavy atom. The summed E-state index contributed by atoms with van der Waals surface area (Å²) in [5, 5.41) is 8.27. The predicted molar refractivity (Wildman–Crippen MR) is 86.5 cm³/mol. The molecule has 0 amide bonds. The summed E-state index contributed by atoms with van der Waals surface area (Å²) < 4.78 is 0. The smallest absolute Gasteiger partial charge is 0.0151 e. The van der Waals surface area contributed by atoms with Gasteiger partial charge in [0.05, 0.1) is 0 Å². The molecule has 92 valence electrons. The van der Waals surface area contributed by atoms with Gasteiger partial charge in [0.25, 0.3) is 0 Å². The van der Waals surface area contributed by atoms with Crippen molar-refractivity contribution in [1.82, 2.24) is 0 Å². The first-order chi connectivity index (χ1) is 9.38. The van der Waals surface area contributed by atoms with Crippen LogP contribution in [0, 0.1) is 0 Å². The maximum absolute atomic E-state index is 2.28. The fourth-order valence-electron chi connectivity index (χ4n) is 2.99. The van der Waals surface area contributed by atoms with Gasteiger partial charge in [-0.3, -0.25) is 0 Å². The summed E-state index contributed by atoms with van der Waals surface area (Å²) in [6.07, 6.45) is 0. The Morgan fingerprint density at radius 3 is 2.11 bits per heavy atom. The molecule has 0 unspecified atom stereocenters. The SMILES string of the molecule is CCSc1ccc2ccc3cccc4ccc1c2c34. The van der Waals surface area contributed by atoms with Crippen molar-refractivity contribution in [3.05, 3.63) is 54.6 Å². The molecule has 0 nitrogen and oxygen atoms in total. The van der Waals surface area contributed by atoms with E-state index in [1.54, 1.807) is 0 Å². The van der Waals surface area contributed by atoms with Crippen LogP contribution < -0.4 is 0 Å². The molecule has 0 bridgehead atoms. The van der Waals surface area contributed by atoms with Gasteiger partial charge in [0.1, 0.15) is 0 Å². The van der Waals surface area contributed by atoms with Crippen LogP contribution in [0.1, 0.15) is 6.92 Å². The summed E-state index contributed by atoms with van der Waals surface area (Å²) in [7, 11) is 0. The van der Waals surface area contributed by atoms with Gasteiger partial charge in [0, 0.05) is 4.90 Å². The number of thioether (sulfide) groups is 1. The molecule has 4 aromatic carbocycles. The Kier molecular flexibility index (Phi) is 2.42. The summed E-state index contributed by atoms with van der Waals surface area (Å²) in [6.45, 7) is 2.21. The summed E-state index contributed by atoms with van der Waals surface area (Å²) in [5.41, 5.74) is 0. The predicted octanol–water partition coefficient (Wildman–Crippen LogP) is 5.70. The molecule has 0 atom stereocenters. The van der Waals surface area contributed by atoms with Crippen molar-refractivity contribution in [1.29, 1.82) is 0 Å². The molecule has 0 aliphatic carbocycles. The molecule has 0 radical (unpaired) electrons. The number of hydrogen-bond acceptors (Lipinski definition) is 1. The fraction of sp³-hybridized carbons (Fsp3) is 0.111. The van der Waals surface area contributed by atoms with Crippen molar-refractivity contribution < 1.29 is 0 Å². The Hall–Kier alpha value is -1.73. The van der Waals surface area contributed by atoms with Gasteiger partial charge >= 0.3 is 0 Å². The molecule has 1 heteroatoms. The van der Waals surface area contributed by atoms with Crippen molar-refractivity contribution in [2.45, 2.75) is 11.8 Å². The summed E-state index contributed by atoms with van der Waals surface area (Å²) >= 11 is 1.93. The second-order valence-corrected chi connectivity index (χ2v) is 6.16. The van der Waals surface area contributed by atoms with Crippen molar-refractivity contribution in [3.8, 4) is 0 Å². The first-order valence-corrected chi connectivity index (χ1v) is 7.66. The van der Waals surface area contributed by atoms with Crippen LogP contribution in [-0.4, -0.2) is 5.75 Å². The molecule has 0 aliphatic heterocycles. The van der Waals surface area contributed by atoms with Crippen LogP contribution in [0.25, 0.3) is 32.3 Å². The van der Waals surface area contributed by atoms with Crippen molar-refractivity contribution >= 4 is 44.1 Å². The van der Waals surface area contributed by atoms with E-state index in [0.29, 0.717) is 0 Å². The molecular formula is C18H14S. The van der Waals surface area contributed by atoms with Gasteiger partial charge in [-0.2, -0.15) is 0 Å². The topological polar surface area (TPSA) is 0 Å². The first-order valence-electron chi connectivity index (χ1n) is 6.68. The minimum absolute atomic E-state index is 1.12. The largest absolute Gasteiger partial charge is 0.126 e. The lowest BCUT2D eigenvalue weighted by Crippen LogP contribution is -1.85. The molecule has 4 aromatic rings.